The molecule has 0 fully saturated rings. The summed E-state index contributed by atoms with van der Waals surface area (Å²) in [5.74, 6) is -0.365. The fourth-order valence-electron chi connectivity index (χ4n) is 3.02. The van der Waals surface area contributed by atoms with Crippen LogP contribution < -0.4 is 15.6 Å². The third-order valence-corrected chi connectivity index (χ3v) is 5.48. The van der Waals surface area contributed by atoms with Gasteiger partial charge in [0.05, 0.1) is 16.8 Å². The van der Waals surface area contributed by atoms with Gasteiger partial charge in [-0.1, -0.05) is 60.7 Å². The number of hydrazine groups is 1. The van der Waals surface area contributed by atoms with Crippen LogP contribution in [0.4, 0.5) is 0 Å². The minimum absolute atomic E-state index is 0.200. The molecule has 3 aromatic carbocycles. The molecule has 0 aliphatic heterocycles. The van der Waals surface area contributed by atoms with E-state index in [1.807, 2.05) is 72.8 Å². The van der Waals surface area contributed by atoms with E-state index in [2.05, 4.69) is 15.8 Å². The fourth-order valence-corrected chi connectivity index (χ4v) is 3.92. The monoisotopic (exact) mass is 447 g/mol. The van der Waals surface area contributed by atoms with Crippen molar-refractivity contribution in [1.29, 1.82) is 0 Å². The molecule has 8 heteroatoms. The van der Waals surface area contributed by atoms with E-state index in [1.165, 1.54) is 11.3 Å². The Morgan fingerprint density at radius 2 is 1.50 bits per heavy atom. The Morgan fingerprint density at radius 1 is 0.812 bits per heavy atom. The third kappa shape index (κ3) is 5.69. The van der Waals surface area contributed by atoms with E-state index in [0.717, 1.165) is 26.4 Å². The molecule has 0 aliphatic rings. The molecular formula is C24H21N3O4S. The van der Waals surface area contributed by atoms with Gasteiger partial charge in [-0.2, -0.15) is 0 Å². The van der Waals surface area contributed by atoms with Crippen LogP contribution in [0.15, 0.2) is 78.9 Å². The number of ether oxygens (including phenoxy) is 2. The lowest BCUT2D eigenvalue weighted by Gasteiger charge is -2.12. The highest BCUT2D eigenvalue weighted by Gasteiger charge is 2.10. The standard InChI is InChI=1S/C24H21N3O4S/c28-22(14-30-16-24-25-19-11-5-7-13-21(19)32-24)26-27-23(29)15-31-20-12-6-4-10-18(20)17-8-2-1-3-9-17/h1-13H,14-16H2,(H,26,28)(H,27,29). The van der Waals surface area contributed by atoms with Gasteiger partial charge in [-0.3, -0.25) is 20.4 Å². The molecule has 4 aromatic rings. The Balaban J connectivity index is 1.19. The van der Waals surface area contributed by atoms with Gasteiger partial charge in [0.2, 0.25) is 0 Å². The van der Waals surface area contributed by atoms with Crippen molar-refractivity contribution in [3.05, 3.63) is 83.9 Å². The van der Waals surface area contributed by atoms with Crippen molar-refractivity contribution in [3.8, 4) is 16.9 Å². The largest absolute Gasteiger partial charge is 0.483 e. The molecule has 0 radical (unpaired) electrons. The Labute approximate surface area is 189 Å². The molecular weight excluding hydrogens is 426 g/mol. The van der Waals surface area contributed by atoms with Crippen LogP contribution in [0.2, 0.25) is 0 Å². The van der Waals surface area contributed by atoms with Gasteiger partial charge in [0.25, 0.3) is 11.8 Å². The number of hydrogen-bond acceptors (Lipinski definition) is 6. The average molecular weight is 448 g/mol. The maximum atomic E-state index is 12.1. The van der Waals surface area contributed by atoms with Gasteiger partial charge in [0, 0.05) is 5.56 Å². The number of fused-ring (bicyclic) bond motifs is 1. The van der Waals surface area contributed by atoms with Crippen molar-refractivity contribution in [2.45, 2.75) is 6.61 Å². The summed E-state index contributed by atoms with van der Waals surface area (Å²) in [4.78, 5) is 28.4. The number of benzene rings is 3. The summed E-state index contributed by atoms with van der Waals surface area (Å²) < 4.78 is 12.1. The highest BCUT2D eigenvalue weighted by atomic mass is 32.1. The first-order valence-electron chi connectivity index (χ1n) is 9.96. The first-order chi connectivity index (χ1) is 15.7. The summed E-state index contributed by atoms with van der Waals surface area (Å²) in [6, 6.07) is 25.0. The molecule has 0 spiro atoms. The van der Waals surface area contributed by atoms with E-state index >= 15 is 0 Å². The van der Waals surface area contributed by atoms with Gasteiger partial charge in [-0.25, -0.2) is 4.98 Å². The number of nitrogens with one attached hydrogen (secondary N) is 2. The molecule has 32 heavy (non-hydrogen) atoms. The SMILES string of the molecule is O=C(COCc1nc2ccccc2s1)NNC(=O)COc1ccccc1-c1ccccc1. The first kappa shape index (κ1) is 21.5. The van der Waals surface area contributed by atoms with Crippen molar-refractivity contribution >= 4 is 33.4 Å². The zero-order valence-corrected chi connectivity index (χ0v) is 17.9. The van der Waals surface area contributed by atoms with E-state index in [4.69, 9.17) is 9.47 Å². The molecule has 0 bridgehead atoms. The van der Waals surface area contributed by atoms with Crippen LogP contribution in [0, 0.1) is 0 Å². The van der Waals surface area contributed by atoms with E-state index in [1.54, 1.807) is 6.07 Å². The Morgan fingerprint density at radius 3 is 2.31 bits per heavy atom. The summed E-state index contributed by atoms with van der Waals surface area (Å²) in [6.45, 7) is -0.218. The average Bonchev–Trinajstić information content (AvgIpc) is 3.25. The minimum atomic E-state index is -0.479. The van der Waals surface area contributed by atoms with E-state index in [-0.39, 0.29) is 19.8 Å². The molecule has 162 valence electrons. The van der Waals surface area contributed by atoms with Gasteiger partial charge in [-0.15, -0.1) is 11.3 Å². The topological polar surface area (TPSA) is 89.5 Å². The number of rotatable bonds is 8. The smallest absolute Gasteiger partial charge is 0.276 e. The molecule has 0 unspecified atom stereocenters. The summed E-state index contributed by atoms with van der Waals surface area (Å²) >= 11 is 1.52. The quantitative estimate of drug-likeness (QED) is 0.402. The lowest BCUT2D eigenvalue weighted by Crippen LogP contribution is -2.45. The molecule has 0 aliphatic carbocycles. The minimum Gasteiger partial charge on any atom is -0.483 e. The zero-order valence-electron chi connectivity index (χ0n) is 17.1. The summed E-state index contributed by atoms with van der Waals surface area (Å²) in [6.07, 6.45) is 0. The number of carbonyl (C=O) groups is 2. The predicted molar refractivity (Wildman–Crippen MR) is 123 cm³/mol. The van der Waals surface area contributed by atoms with Crippen LogP contribution >= 0.6 is 11.3 Å². The number of thiazole rings is 1. The van der Waals surface area contributed by atoms with Crippen LogP contribution in [-0.2, 0) is 20.9 Å². The molecule has 2 N–H and O–H groups in total. The molecule has 4 rings (SSSR count). The van der Waals surface area contributed by atoms with Crippen LogP contribution in [0.3, 0.4) is 0 Å². The van der Waals surface area contributed by atoms with Crippen molar-refractivity contribution < 1.29 is 19.1 Å². The molecule has 1 aromatic heterocycles. The predicted octanol–water partition coefficient (Wildman–Crippen LogP) is 3.71. The Kier molecular flexibility index (Phi) is 7.06. The highest BCUT2D eigenvalue weighted by molar-refractivity contribution is 7.18. The second-order valence-corrected chi connectivity index (χ2v) is 7.93. The van der Waals surface area contributed by atoms with Crippen molar-refractivity contribution in [2.75, 3.05) is 13.2 Å². The highest BCUT2D eigenvalue weighted by Crippen LogP contribution is 2.29. The van der Waals surface area contributed by atoms with Gasteiger partial charge >= 0.3 is 0 Å². The number of hydrogen-bond donors (Lipinski definition) is 2. The number of nitrogens with zero attached hydrogens (tertiary/aromatic N) is 1. The summed E-state index contributed by atoms with van der Waals surface area (Å²) in [5.41, 5.74) is 7.42. The van der Waals surface area contributed by atoms with Crippen molar-refractivity contribution in [3.63, 3.8) is 0 Å². The lowest BCUT2D eigenvalue weighted by atomic mass is 10.1. The van der Waals surface area contributed by atoms with Gasteiger partial charge in [0.15, 0.2) is 6.61 Å². The normalized spacial score (nSPS) is 10.6. The summed E-state index contributed by atoms with van der Waals surface area (Å²) in [7, 11) is 0. The molecule has 1 heterocycles. The van der Waals surface area contributed by atoms with Crippen molar-refractivity contribution in [2.24, 2.45) is 0 Å². The number of aromatic nitrogens is 1. The molecule has 2 amide bonds. The number of amides is 2. The molecule has 0 saturated carbocycles. The van der Waals surface area contributed by atoms with E-state index < -0.39 is 11.8 Å². The maximum absolute atomic E-state index is 12.1. The van der Waals surface area contributed by atoms with Gasteiger partial charge in [-0.05, 0) is 23.8 Å². The third-order valence-electron chi connectivity index (χ3n) is 4.47. The van der Waals surface area contributed by atoms with Crippen molar-refractivity contribution in [1.82, 2.24) is 15.8 Å². The van der Waals surface area contributed by atoms with Crippen LogP contribution in [0.1, 0.15) is 5.01 Å². The molecule has 0 saturated heterocycles. The second-order valence-electron chi connectivity index (χ2n) is 6.82. The number of para-hydroxylation sites is 2. The maximum Gasteiger partial charge on any atom is 0.276 e. The summed E-state index contributed by atoms with van der Waals surface area (Å²) in [5, 5.41) is 0.786. The van der Waals surface area contributed by atoms with Crippen LogP contribution in [-0.4, -0.2) is 30.0 Å². The van der Waals surface area contributed by atoms with E-state index in [0.29, 0.717) is 5.75 Å². The van der Waals surface area contributed by atoms with Crippen LogP contribution in [0.25, 0.3) is 21.3 Å². The lowest BCUT2D eigenvalue weighted by molar-refractivity contribution is -0.132. The molecule has 7 nitrogen and oxygen atoms in total. The van der Waals surface area contributed by atoms with Crippen LogP contribution in [0.5, 0.6) is 5.75 Å². The zero-order chi connectivity index (χ0) is 22.2. The fraction of sp³-hybridized carbons (Fsp3) is 0.125. The van der Waals surface area contributed by atoms with Gasteiger partial charge < -0.3 is 9.47 Å². The Hall–Kier alpha value is -3.75. The second kappa shape index (κ2) is 10.5. The molecule has 0 atom stereocenters. The first-order valence-corrected chi connectivity index (χ1v) is 10.8. The number of carbonyl (C=O) groups excluding carboxylic acids is 2. The van der Waals surface area contributed by atoms with E-state index in [9.17, 15) is 9.59 Å². The van der Waals surface area contributed by atoms with Gasteiger partial charge in [0.1, 0.15) is 17.4 Å². The Bertz CT molecular complexity index is 1180.